The van der Waals surface area contributed by atoms with Gasteiger partial charge in [0.2, 0.25) is 0 Å². The minimum atomic E-state index is -0.404. The number of rotatable bonds is 5. The maximum absolute atomic E-state index is 14.1. The average Bonchev–Trinajstić information content (AvgIpc) is 3.50. The van der Waals surface area contributed by atoms with E-state index in [9.17, 15) is 9.18 Å². The van der Waals surface area contributed by atoms with Crippen molar-refractivity contribution < 1.29 is 13.9 Å². The molecule has 35 heavy (non-hydrogen) atoms. The van der Waals surface area contributed by atoms with Gasteiger partial charge in [0.05, 0.1) is 24.4 Å². The number of carbonyl (C=O) groups excluding carboxylic acids is 1. The molecule has 0 spiro atoms. The summed E-state index contributed by atoms with van der Waals surface area (Å²) in [4.78, 5) is 18.7. The van der Waals surface area contributed by atoms with Crippen LogP contribution in [-0.2, 0) is 4.74 Å². The normalized spacial score (nSPS) is 17.3. The highest BCUT2D eigenvalue weighted by Gasteiger charge is 2.42. The first kappa shape index (κ1) is 22.7. The molecule has 1 aliphatic heterocycles. The van der Waals surface area contributed by atoms with E-state index >= 15 is 0 Å². The summed E-state index contributed by atoms with van der Waals surface area (Å²) in [5.74, 6) is -0.674. The number of thiocarbonyl (C=S) groups is 1. The minimum absolute atomic E-state index is 0.258. The average molecular weight is 487 g/mol. The molecule has 5 rings (SSSR count). The summed E-state index contributed by atoms with van der Waals surface area (Å²) < 4.78 is 21.0. The van der Waals surface area contributed by atoms with Gasteiger partial charge in [-0.15, -0.1) is 0 Å². The monoisotopic (exact) mass is 486 g/mol. The van der Waals surface area contributed by atoms with Crippen LogP contribution in [0.3, 0.4) is 0 Å². The molecule has 1 aliphatic rings. The van der Waals surface area contributed by atoms with E-state index in [1.54, 1.807) is 37.4 Å². The Bertz CT molecular complexity index is 1410. The Kier molecular flexibility index (Phi) is 6.05. The Balaban J connectivity index is 1.66. The summed E-state index contributed by atoms with van der Waals surface area (Å²) in [6, 6.07) is 21.4. The lowest BCUT2D eigenvalue weighted by Crippen LogP contribution is -2.30. The molecular weight excluding hydrogens is 463 g/mol. The molecule has 8 heteroatoms. The summed E-state index contributed by atoms with van der Waals surface area (Å²) in [6.45, 7) is 1.73. The Labute approximate surface area is 208 Å². The topological polar surface area (TPSA) is 59.4 Å². The highest BCUT2D eigenvalue weighted by Crippen LogP contribution is 2.42. The second-order valence-corrected chi connectivity index (χ2v) is 8.66. The molecule has 0 amide bonds. The number of anilines is 1. The van der Waals surface area contributed by atoms with Crippen molar-refractivity contribution in [2.24, 2.45) is 0 Å². The number of carbonyl (C=O) groups is 1. The third-order valence-corrected chi connectivity index (χ3v) is 6.46. The quantitative estimate of drug-likeness (QED) is 0.306. The van der Waals surface area contributed by atoms with Crippen molar-refractivity contribution in [2.45, 2.75) is 19.0 Å². The van der Waals surface area contributed by atoms with Gasteiger partial charge in [0, 0.05) is 29.5 Å². The molecule has 2 aromatic heterocycles. The Morgan fingerprint density at radius 2 is 1.91 bits per heavy atom. The van der Waals surface area contributed by atoms with Crippen LogP contribution in [0.1, 0.15) is 39.4 Å². The molecule has 2 aromatic carbocycles. The molecule has 176 valence electrons. The number of aryl methyl sites for hydroxylation is 1. The van der Waals surface area contributed by atoms with E-state index in [0.717, 1.165) is 22.8 Å². The zero-order valence-electron chi connectivity index (χ0n) is 19.2. The lowest BCUT2D eigenvalue weighted by atomic mass is 10.0. The van der Waals surface area contributed by atoms with Crippen molar-refractivity contribution in [2.75, 3.05) is 12.0 Å². The number of pyridine rings is 1. The smallest absolute Gasteiger partial charge is 0.337 e. The molecule has 1 saturated heterocycles. The summed E-state index contributed by atoms with van der Waals surface area (Å²) in [6.07, 6.45) is 3.69. The minimum Gasteiger partial charge on any atom is -0.465 e. The predicted octanol–water partition coefficient (Wildman–Crippen LogP) is 5.28. The Hall–Kier alpha value is -4.04. The fourth-order valence-electron chi connectivity index (χ4n) is 4.48. The van der Waals surface area contributed by atoms with Crippen LogP contribution in [0.15, 0.2) is 85.2 Å². The molecule has 0 saturated carbocycles. The molecule has 0 bridgehead atoms. The summed E-state index contributed by atoms with van der Waals surface area (Å²) in [5.41, 5.74) is 4.33. The van der Waals surface area contributed by atoms with E-state index in [-0.39, 0.29) is 17.9 Å². The number of ether oxygens (including phenoxy) is 1. The molecule has 2 atom stereocenters. The van der Waals surface area contributed by atoms with Crippen LogP contribution >= 0.6 is 12.2 Å². The maximum Gasteiger partial charge on any atom is 0.337 e. The number of aromatic nitrogens is 2. The zero-order chi connectivity index (χ0) is 24.5. The number of hydrogen-bond acceptors (Lipinski definition) is 4. The largest absolute Gasteiger partial charge is 0.465 e. The first-order valence-corrected chi connectivity index (χ1v) is 11.5. The van der Waals surface area contributed by atoms with Crippen LogP contribution in [0.4, 0.5) is 10.1 Å². The van der Waals surface area contributed by atoms with E-state index in [1.165, 1.54) is 13.2 Å². The van der Waals surface area contributed by atoms with E-state index < -0.39 is 5.97 Å². The van der Waals surface area contributed by atoms with Crippen molar-refractivity contribution in [3.63, 3.8) is 0 Å². The first-order chi connectivity index (χ1) is 17.0. The highest BCUT2D eigenvalue weighted by atomic mass is 32.1. The lowest BCUT2D eigenvalue weighted by Gasteiger charge is -2.29. The van der Waals surface area contributed by atoms with Gasteiger partial charge in [0.1, 0.15) is 11.9 Å². The summed E-state index contributed by atoms with van der Waals surface area (Å²) in [7, 11) is 1.36. The van der Waals surface area contributed by atoms with Gasteiger partial charge < -0.3 is 19.5 Å². The molecule has 0 aliphatic carbocycles. The first-order valence-electron chi connectivity index (χ1n) is 11.1. The summed E-state index contributed by atoms with van der Waals surface area (Å²) >= 11 is 5.78. The van der Waals surface area contributed by atoms with E-state index in [1.807, 2.05) is 58.1 Å². The van der Waals surface area contributed by atoms with Gasteiger partial charge >= 0.3 is 5.97 Å². The van der Waals surface area contributed by atoms with Crippen LogP contribution in [0.25, 0.3) is 5.69 Å². The zero-order valence-corrected chi connectivity index (χ0v) is 20.0. The van der Waals surface area contributed by atoms with Crippen LogP contribution in [0.2, 0.25) is 0 Å². The van der Waals surface area contributed by atoms with Crippen molar-refractivity contribution in [1.82, 2.24) is 14.9 Å². The van der Waals surface area contributed by atoms with Gasteiger partial charge in [-0.25, -0.2) is 9.18 Å². The Morgan fingerprint density at radius 3 is 2.66 bits per heavy atom. The number of esters is 1. The van der Waals surface area contributed by atoms with Gasteiger partial charge in [-0.3, -0.25) is 4.98 Å². The van der Waals surface area contributed by atoms with Crippen LogP contribution in [-0.4, -0.2) is 27.7 Å². The van der Waals surface area contributed by atoms with Crippen LogP contribution in [0, 0.1) is 12.7 Å². The fraction of sp³-hybridized carbons (Fsp3) is 0.148. The second kappa shape index (κ2) is 9.31. The van der Waals surface area contributed by atoms with E-state index in [2.05, 4.69) is 10.3 Å². The van der Waals surface area contributed by atoms with Crippen LogP contribution in [0.5, 0.6) is 0 Å². The molecule has 0 radical (unpaired) electrons. The molecule has 6 nitrogen and oxygen atoms in total. The standard InChI is InChI=1S/C27H23FN4O2S/c1-17-15-20(11-12-21(17)28)32-25(24(30-27(32)35)22-9-3-4-13-29-22)23-10-6-14-31(23)19-8-5-7-18(16-19)26(33)34-2/h3-16,24-25H,1-2H3,(H,30,35)/t24-,25-/m0/s1. The molecule has 0 unspecified atom stereocenters. The number of hydrogen-bond donors (Lipinski definition) is 1. The second-order valence-electron chi connectivity index (χ2n) is 8.28. The Morgan fingerprint density at radius 1 is 1.06 bits per heavy atom. The molecule has 1 N–H and O–H groups in total. The van der Waals surface area contributed by atoms with E-state index in [0.29, 0.717) is 16.2 Å². The summed E-state index contributed by atoms with van der Waals surface area (Å²) in [5, 5.41) is 3.94. The maximum atomic E-state index is 14.1. The van der Waals surface area contributed by atoms with Gasteiger partial charge in [-0.05, 0) is 85.4 Å². The lowest BCUT2D eigenvalue weighted by molar-refractivity contribution is 0.0600. The number of methoxy groups -OCH3 is 1. The number of nitrogens with one attached hydrogen (secondary N) is 1. The van der Waals surface area contributed by atoms with Gasteiger partial charge in [0.25, 0.3) is 0 Å². The molecule has 4 aromatic rings. The highest BCUT2D eigenvalue weighted by molar-refractivity contribution is 7.80. The number of benzene rings is 2. The predicted molar refractivity (Wildman–Crippen MR) is 136 cm³/mol. The van der Waals surface area contributed by atoms with Gasteiger partial charge in [0.15, 0.2) is 5.11 Å². The van der Waals surface area contributed by atoms with Crippen LogP contribution < -0.4 is 10.2 Å². The van der Waals surface area contributed by atoms with Crippen molar-refractivity contribution in [3.05, 3.63) is 114 Å². The molecule has 1 fully saturated rings. The number of nitrogens with zero attached hydrogens (tertiary/aromatic N) is 3. The fourth-order valence-corrected chi connectivity index (χ4v) is 4.83. The van der Waals surface area contributed by atoms with Gasteiger partial charge in [-0.1, -0.05) is 12.1 Å². The van der Waals surface area contributed by atoms with Crippen molar-refractivity contribution in [1.29, 1.82) is 0 Å². The third-order valence-electron chi connectivity index (χ3n) is 6.15. The van der Waals surface area contributed by atoms with E-state index in [4.69, 9.17) is 17.0 Å². The van der Waals surface area contributed by atoms with Crippen molar-refractivity contribution >= 4 is 29.0 Å². The van der Waals surface area contributed by atoms with Crippen molar-refractivity contribution in [3.8, 4) is 5.69 Å². The van der Waals surface area contributed by atoms with Gasteiger partial charge in [-0.2, -0.15) is 0 Å². The third kappa shape index (κ3) is 4.17. The molecule has 3 heterocycles. The SMILES string of the molecule is COC(=O)c1cccc(-n2cccc2[C@H]2[C@H](c3ccccn3)NC(=S)N2c2ccc(F)c(C)c2)c1. The number of halogens is 1. The molecular formula is C27H23FN4O2S.